The maximum Gasteiger partial charge on any atom is 0.0849 e. The van der Waals surface area contributed by atoms with E-state index in [1.807, 2.05) is 0 Å². The van der Waals surface area contributed by atoms with E-state index >= 15 is 0 Å². The SMILES string of the molecule is C[C@H](CC[C@@H](O)C(C)(C)O)[C@H]1CC[C@H]2C3=CC=C4C[C@@H](O)CC[C@]4(C)[C@H]3CC[C@]12C. The van der Waals surface area contributed by atoms with E-state index in [0.717, 1.165) is 25.7 Å². The average Bonchev–Trinajstić information content (AvgIpc) is 3.03. The molecule has 0 aromatic heterocycles. The number of aliphatic hydroxyl groups excluding tert-OH is 2. The molecule has 30 heavy (non-hydrogen) atoms. The Bertz CT molecular complexity index is 716. The Morgan fingerprint density at radius 3 is 2.47 bits per heavy atom. The van der Waals surface area contributed by atoms with Gasteiger partial charge in [-0.1, -0.05) is 44.1 Å². The van der Waals surface area contributed by atoms with Crippen molar-refractivity contribution >= 4 is 0 Å². The topological polar surface area (TPSA) is 60.7 Å². The molecule has 0 unspecified atom stereocenters. The molecule has 0 aromatic carbocycles. The monoisotopic (exact) mass is 416 g/mol. The highest BCUT2D eigenvalue weighted by Crippen LogP contribution is 2.66. The molecule has 8 atom stereocenters. The lowest BCUT2D eigenvalue weighted by atomic mass is 9.50. The maximum atomic E-state index is 10.3. The van der Waals surface area contributed by atoms with Gasteiger partial charge in [-0.25, -0.2) is 0 Å². The molecule has 0 aliphatic heterocycles. The third kappa shape index (κ3) is 3.63. The highest BCUT2D eigenvalue weighted by Gasteiger charge is 2.56. The van der Waals surface area contributed by atoms with E-state index in [9.17, 15) is 15.3 Å². The summed E-state index contributed by atoms with van der Waals surface area (Å²) >= 11 is 0. The van der Waals surface area contributed by atoms with Crippen molar-refractivity contribution in [2.45, 2.75) is 110 Å². The number of rotatable bonds is 5. The fourth-order valence-electron chi connectivity index (χ4n) is 7.93. The summed E-state index contributed by atoms with van der Waals surface area (Å²) in [5, 5.41) is 30.6. The first-order valence-electron chi connectivity index (χ1n) is 12.5. The molecular weight excluding hydrogens is 372 g/mol. The van der Waals surface area contributed by atoms with E-state index < -0.39 is 11.7 Å². The first-order chi connectivity index (χ1) is 14.0. The van der Waals surface area contributed by atoms with Gasteiger partial charge in [0.2, 0.25) is 0 Å². The molecule has 170 valence electrons. The molecule has 0 radical (unpaired) electrons. The summed E-state index contributed by atoms with van der Waals surface area (Å²) in [4.78, 5) is 0. The van der Waals surface area contributed by atoms with Gasteiger partial charge in [-0.3, -0.25) is 0 Å². The van der Waals surface area contributed by atoms with E-state index in [4.69, 9.17) is 0 Å². The van der Waals surface area contributed by atoms with Crippen LogP contribution < -0.4 is 0 Å². The molecule has 3 N–H and O–H groups in total. The van der Waals surface area contributed by atoms with Crippen molar-refractivity contribution in [3.8, 4) is 0 Å². The zero-order valence-electron chi connectivity index (χ0n) is 19.8. The normalized spacial score (nSPS) is 43.1. The van der Waals surface area contributed by atoms with Crippen LogP contribution in [0.4, 0.5) is 0 Å². The summed E-state index contributed by atoms with van der Waals surface area (Å²) in [5.41, 5.74) is 2.79. The Morgan fingerprint density at radius 1 is 1.03 bits per heavy atom. The van der Waals surface area contributed by atoms with Crippen LogP contribution in [0.1, 0.15) is 92.4 Å². The Hall–Kier alpha value is -0.640. The molecular formula is C27H44O3. The van der Waals surface area contributed by atoms with Gasteiger partial charge in [-0.2, -0.15) is 0 Å². The second-order valence-corrected chi connectivity index (χ2v) is 12.2. The number of hydrogen-bond donors (Lipinski definition) is 3. The number of fused-ring (bicyclic) bond motifs is 5. The molecule has 3 fully saturated rings. The number of allylic oxidation sites excluding steroid dienone is 3. The van der Waals surface area contributed by atoms with E-state index in [0.29, 0.717) is 35.5 Å². The molecule has 0 saturated heterocycles. The summed E-state index contributed by atoms with van der Waals surface area (Å²) in [6, 6.07) is 0. The van der Waals surface area contributed by atoms with E-state index in [1.54, 1.807) is 19.4 Å². The second-order valence-electron chi connectivity index (χ2n) is 12.2. The molecule has 3 saturated carbocycles. The summed E-state index contributed by atoms with van der Waals surface area (Å²) in [7, 11) is 0. The Morgan fingerprint density at radius 2 is 1.77 bits per heavy atom. The minimum atomic E-state index is -1.01. The lowest BCUT2D eigenvalue weighted by molar-refractivity contribution is -0.0557. The van der Waals surface area contributed by atoms with E-state index in [2.05, 4.69) is 32.9 Å². The first-order valence-corrected chi connectivity index (χ1v) is 12.5. The fourth-order valence-corrected chi connectivity index (χ4v) is 7.93. The maximum absolute atomic E-state index is 10.3. The smallest absolute Gasteiger partial charge is 0.0849 e. The van der Waals surface area contributed by atoms with Gasteiger partial charge in [0.05, 0.1) is 17.8 Å². The van der Waals surface area contributed by atoms with Crippen LogP contribution in [0, 0.1) is 34.5 Å². The fraction of sp³-hybridized carbons (Fsp3) is 0.852. The average molecular weight is 417 g/mol. The molecule has 4 aliphatic rings. The van der Waals surface area contributed by atoms with Crippen LogP contribution in [-0.4, -0.2) is 33.1 Å². The van der Waals surface area contributed by atoms with Crippen molar-refractivity contribution in [2.24, 2.45) is 34.5 Å². The van der Waals surface area contributed by atoms with Gasteiger partial charge in [0.25, 0.3) is 0 Å². The van der Waals surface area contributed by atoms with Gasteiger partial charge >= 0.3 is 0 Å². The molecule has 3 heteroatoms. The number of aliphatic hydroxyl groups is 3. The molecule has 0 heterocycles. The zero-order chi connectivity index (χ0) is 21.9. The highest BCUT2D eigenvalue weighted by molar-refractivity contribution is 5.38. The Balaban J connectivity index is 1.51. The lowest BCUT2D eigenvalue weighted by Crippen LogP contribution is -2.46. The quantitative estimate of drug-likeness (QED) is 0.563. The van der Waals surface area contributed by atoms with Crippen LogP contribution in [0.25, 0.3) is 0 Å². The van der Waals surface area contributed by atoms with Crippen molar-refractivity contribution in [3.05, 3.63) is 23.3 Å². The molecule has 0 amide bonds. The molecule has 4 rings (SSSR count). The molecule has 3 nitrogen and oxygen atoms in total. The van der Waals surface area contributed by atoms with Gasteiger partial charge < -0.3 is 15.3 Å². The Kier molecular flexibility index (Phi) is 5.82. The first kappa shape index (κ1) is 22.6. The largest absolute Gasteiger partial charge is 0.393 e. The van der Waals surface area contributed by atoms with Crippen molar-refractivity contribution in [1.29, 1.82) is 0 Å². The van der Waals surface area contributed by atoms with Crippen molar-refractivity contribution in [3.63, 3.8) is 0 Å². The van der Waals surface area contributed by atoms with Crippen LogP contribution in [0.5, 0.6) is 0 Å². The standard InChI is InChI=1S/C27H44O3/c1-17(6-11-24(29)25(2,3)30)21-9-10-22-20-8-7-18-16-19(28)12-14-26(18,4)23(20)13-15-27(21,22)5/h7-8,17,19,21-24,28-30H,6,9-16H2,1-5H3/t17-,19+,21-,22+,23+,24-,26+,27-/m1/s1. The second kappa shape index (κ2) is 7.74. The molecule has 0 spiro atoms. The van der Waals surface area contributed by atoms with Crippen LogP contribution in [-0.2, 0) is 0 Å². The number of hydrogen-bond acceptors (Lipinski definition) is 3. The van der Waals surface area contributed by atoms with Crippen LogP contribution >= 0.6 is 0 Å². The van der Waals surface area contributed by atoms with Crippen LogP contribution in [0.2, 0.25) is 0 Å². The minimum Gasteiger partial charge on any atom is -0.393 e. The molecule has 4 aliphatic carbocycles. The van der Waals surface area contributed by atoms with Gasteiger partial charge in [-0.15, -0.1) is 0 Å². The van der Waals surface area contributed by atoms with Gasteiger partial charge in [-0.05, 0) is 106 Å². The van der Waals surface area contributed by atoms with Crippen molar-refractivity contribution in [1.82, 2.24) is 0 Å². The van der Waals surface area contributed by atoms with E-state index in [1.165, 1.54) is 31.3 Å². The summed E-state index contributed by atoms with van der Waals surface area (Å²) < 4.78 is 0. The predicted molar refractivity (Wildman–Crippen MR) is 122 cm³/mol. The van der Waals surface area contributed by atoms with Gasteiger partial charge in [0.15, 0.2) is 0 Å². The van der Waals surface area contributed by atoms with Crippen molar-refractivity contribution in [2.75, 3.05) is 0 Å². The zero-order valence-corrected chi connectivity index (χ0v) is 19.8. The minimum absolute atomic E-state index is 0.149. The van der Waals surface area contributed by atoms with Gasteiger partial charge in [0.1, 0.15) is 0 Å². The summed E-state index contributed by atoms with van der Waals surface area (Å²) in [6.45, 7) is 10.8. The summed E-state index contributed by atoms with van der Waals surface area (Å²) in [6.07, 6.45) is 13.8. The van der Waals surface area contributed by atoms with Crippen molar-refractivity contribution < 1.29 is 15.3 Å². The summed E-state index contributed by atoms with van der Waals surface area (Å²) in [5.74, 6) is 2.62. The molecule has 0 bridgehead atoms. The highest BCUT2D eigenvalue weighted by atomic mass is 16.3. The third-order valence-electron chi connectivity index (χ3n) is 10.0. The molecule has 0 aromatic rings. The lowest BCUT2D eigenvalue weighted by Gasteiger charge is -2.55. The third-order valence-corrected chi connectivity index (χ3v) is 10.0. The predicted octanol–water partition coefficient (Wildman–Crippen LogP) is 5.39. The van der Waals surface area contributed by atoms with E-state index in [-0.39, 0.29) is 11.5 Å². The Labute approximate surface area is 183 Å². The van der Waals surface area contributed by atoms with Gasteiger partial charge in [0, 0.05) is 0 Å². The van der Waals surface area contributed by atoms with Crippen LogP contribution in [0.3, 0.4) is 0 Å². The van der Waals surface area contributed by atoms with Crippen LogP contribution in [0.15, 0.2) is 23.3 Å².